The lowest BCUT2D eigenvalue weighted by atomic mass is 10.2. The van der Waals surface area contributed by atoms with E-state index in [9.17, 15) is 0 Å². The molecule has 0 bridgehead atoms. The summed E-state index contributed by atoms with van der Waals surface area (Å²) in [6, 6.07) is 8.03. The second-order valence-electron chi connectivity index (χ2n) is 5.48. The highest BCUT2D eigenvalue weighted by molar-refractivity contribution is 5.88. The molecule has 3 rings (SSSR count). The maximum Gasteiger partial charge on any atom is 0.228 e. The Hall–Kier alpha value is -2.63. The molecule has 0 amide bonds. The van der Waals surface area contributed by atoms with Gasteiger partial charge in [-0.2, -0.15) is 9.97 Å². The van der Waals surface area contributed by atoms with Gasteiger partial charge in [0.25, 0.3) is 0 Å². The van der Waals surface area contributed by atoms with Gasteiger partial charge in [0.1, 0.15) is 11.5 Å². The van der Waals surface area contributed by atoms with E-state index in [2.05, 4.69) is 31.3 Å². The molecule has 0 aliphatic rings. The summed E-state index contributed by atoms with van der Waals surface area (Å²) in [6.45, 7) is 2.80. The maximum atomic E-state index is 4.61. The van der Waals surface area contributed by atoms with E-state index >= 15 is 0 Å². The van der Waals surface area contributed by atoms with Crippen molar-refractivity contribution >= 4 is 22.8 Å². The minimum absolute atomic E-state index is 0.690. The Kier molecular flexibility index (Phi) is 3.91. The number of aromatic amines is 1. The monoisotopic (exact) mass is 296 g/mol. The normalized spacial score (nSPS) is 10.9. The van der Waals surface area contributed by atoms with E-state index in [1.54, 1.807) is 0 Å². The summed E-state index contributed by atoms with van der Waals surface area (Å²) < 4.78 is 0. The molecule has 114 valence electrons. The first-order valence-electron chi connectivity index (χ1n) is 7.32. The SMILES string of the molecule is Cc1cc2c(NCCc3ccccn3)nc(N(C)C)nc2[nH]1. The molecule has 0 spiro atoms. The highest BCUT2D eigenvalue weighted by Gasteiger charge is 2.11. The van der Waals surface area contributed by atoms with E-state index in [-0.39, 0.29) is 0 Å². The molecule has 0 saturated heterocycles. The second kappa shape index (κ2) is 6.01. The molecule has 0 atom stereocenters. The zero-order chi connectivity index (χ0) is 15.5. The van der Waals surface area contributed by atoms with Gasteiger partial charge in [0, 0.05) is 44.6 Å². The average molecular weight is 296 g/mol. The lowest BCUT2D eigenvalue weighted by Gasteiger charge is -2.13. The van der Waals surface area contributed by atoms with Gasteiger partial charge in [0.05, 0.1) is 5.39 Å². The third kappa shape index (κ3) is 3.00. The lowest BCUT2D eigenvalue weighted by Crippen LogP contribution is -2.15. The molecule has 0 unspecified atom stereocenters. The number of H-pyrrole nitrogens is 1. The molecule has 2 N–H and O–H groups in total. The van der Waals surface area contributed by atoms with E-state index in [0.29, 0.717) is 5.95 Å². The number of anilines is 2. The van der Waals surface area contributed by atoms with Crippen molar-refractivity contribution < 1.29 is 0 Å². The van der Waals surface area contributed by atoms with Gasteiger partial charge >= 0.3 is 0 Å². The molecule has 6 nitrogen and oxygen atoms in total. The lowest BCUT2D eigenvalue weighted by molar-refractivity contribution is 0.947. The standard InChI is InChI=1S/C16H20N6/c1-11-10-13-14(18-9-7-12-6-4-5-8-17-12)20-16(22(2)3)21-15(13)19-11/h4-6,8,10H,7,9H2,1-3H3,(H2,18,19,20,21). The first kappa shape index (κ1) is 14.3. The fourth-order valence-electron chi connectivity index (χ4n) is 2.32. The molecule has 0 radical (unpaired) electrons. The predicted octanol–water partition coefficient (Wildman–Crippen LogP) is 2.38. The van der Waals surface area contributed by atoms with Crippen molar-refractivity contribution in [2.75, 3.05) is 30.9 Å². The van der Waals surface area contributed by atoms with Crippen LogP contribution in [0.25, 0.3) is 11.0 Å². The van der Waals surface area contributed by atoms with Gasteiger partial charge in [-0.1, -0.05) is 6.07 Å². The van der Waals surface area contributed by atoms with Crippen LogP contribution >= 0.6 is 0 Å². The van der Waals surface area contributed by atoms with E-state index in [1.165, 1.54) is 0 Å². The molecular weight excluding hydrogens is 276 g/mol. The van der Waals surface area contributed by atoms with Crippen molar-refractivity contribution in [1.29, 1.82) is 0 Å². The van der Waals surface area contributed by atoms with Crippen molar-refractivity contribution in [3.8, 4) is 0 Å². The Labute approximate surface area is 129 Å². The Bertz CT molecular complexity index is 763. The number of fused-ring (bicyclic) bond motifs is 1. The van der Waals surface area contributed by atoms with Crippen LogP contribution < -0.4 is 10.2 Å². The maximum absolute atomic E-state index is 4.61. The molecule has 3 aromatic rings. The summed E-state index contributed by atoms with van der Waals surface area (Å²) in [5.41, 5.74) is 3.00. The van der Waals surface area contributed by atoms with Crippen LogP contribution in [0.4, 0.5) is 11.8 Å². The Morgan fingerprint density at radius 3 is 2.82 bits per heavy atom. The number of pyridine rings is 1. The van der Waals surface area contributed by atoms with Crippen molar-refractivity contribution in [2.24, 2.45) is 0 Å². The molecule has 6 heteroatoms. The van der Waals surface area contributed by atoms with Crippen LogP contribution in [0.5, 0.6) is 0 Å². The number of hydrogen-bond donors (Lipinski definition) is 2. The fraction of sp³-hybridized carbons (Fsp3) is 0.312. The Balaban J connectivity index is 1.82. The van der Waals surface area contributed by atoms with Gasteiger partial charge in [-0.15, -0.1) is 0 Å². The fourth-order valence-corrected chi connectivity index (χ4v) is 2.32. The summed E-state index contributed by atoms with van der Waals surface area (Å²) in [4.78, 5) is 18.6. The number of hydrogen-bond acceptors (Lipinski definition) is 5. The quantitative estimate of drug-likeness (QED) is 0.756. The molecule has 3 aromatic heterocycles. The summed E-state index contributed by atoms with van der Waals surface area (Å²) in [7, 11) is 3.88. The van der Waals surface area contributed by atoms with E-state index < -0.39 is 0 Å². The van der Waals surface area contributed by atoms with E-state index in [1.807, 2.05) is 50.3 Å². The van der Waals surface area contributed by atoms with Crippen molar-refractivity contribution in [3.63, 3.8) is 0 Å². The largest absolute Gasteiger partial charge is 0.369 e. The first-order valence-corrected chi connectivity index (χ1v) is 7.32. The molecule has 3 heterocycles. The van der Waals surface area contributed by atoms with Crippen molar-refractivity contribution in [3.05, 3.63) is 41.9 Å². The smallest absolute Gasteiger partial charge is 0.228 e. The van der Waals surface area contributed by atoms with Crippen LogP contribution in [0, 0.1) is 6.92 Å². The van der Waals surface area contributed by atoms with Crippen LogP contribution in [-0.4, -0.2) is 40.6 Å². The summed E-state index contributed by atoms with van der Waals surface area (Å²) in [5, 5.41) is 4.42. The summed E-state index contributed by atoms with van der Waals surface area (Å²) in [6.07, 6.45) is 2.67. The highest BCUT2D eigenvalue weighted by atomic mass is 15.2. The second-order valence-corrected chi connectivity index (χ2v) is 5.48. The van der Waals surface area contributed by atoms with Crippen molar-refractivity contribution in [1.82, 2.24) is 19.9 Å². The molecular formula is C16H20N6. The number of nitrogens with zero attached hydrogens (tertiary/aromatic N) is 4. The topological polar surface area (TPSA) is 69.7 Å². The Morgan fingerprint density at radius 1 is 1.23 bits per heavy atom. The zero-order valence-electron chi connectivity index (χ0n) is 13.1. The molecule has 22 heavy (non-hydrogen) atoms. The van der Waals surface area contributed by atoms with Crippen LogP contribution in [0.3, 0.4) is 0 Å². The molecule has 0 saturated carbocycles. The van der Waals surface area contributed by atoms with Gasteiger partial charge in [0.2, 0.25) is 5.95 Å². The minimum Gasteiger partial charge on any atom is -0.369 e. The minimum atomic E-state index is 0.690. The molecule has 0 aliphatic heterocycles. The van der Waals surface area contributed by atoms with Gasteiger partial charge in [-0.05, 0) is 25.1 Å². The van der Waals surface area contributed by atoms with Crippen molar-refractivity contribution in [2.45, 2.75) is 13.3 Å². The van der Waals surface area contributed by atoms with E-state index in [4.69, 9.17) is 0 Å². The number of aryl methyl sites for hydroxylation is 1. The number of aromatic nitrogens is 4. The molecule has 0 aromatic carbocycles. The van der Waals surface area contributed by atoms with Crippen LogP contribution in [-0.2, 0) is 6.42 Å². The molecule has 0 fully saturated rings. The third-order valence-corrected chi connectivity index (χ3v) is 3.41. The van der Waals surface area contributed by atoms with Crippen LogP contribution in [0.15, 0.2) is 30.5 Å². The third-order valence-electron chi connectivity index (χ3n) is 3.41. The number of nitrogens with one attached hydrogen (secondary N) is 2. The summed E-state index contributed by atoms with van der Waals surface area (Å²) in [5.74, 6) is 1.55. The zero-order valence-corrected chi connectivity index (χ0v) is 13.1. The van der Waals surface area contributed by atoms with Gasteiger partial charge < -0.3 is 15.2 Å². The van der Waals surface area contributed by atoms with Gasteiger partial charge in [-0.25, -0.2) is 0 Å². The number of rotatable bonds is 5. The van der Waals surface area contributed by atoms with E-state index in [0.717, 1.165) is 41.2 Å². The van der Waals surface area contributed by atoms with Gasteiger partial charge in [-0.3, -0.25) is 4.98 Å². The molecule has 0 aliphatic carbocycles. The van der Waals surface area contributed by atoms with Crippen LogP contribution in [0.1, 0.15) is 11.4 Å². The average Bonchev–Trinajstić information content (AvgIpc) is 2.88. The predicted molar refractivity (Wildman–Crippen MR) is 89.4 cm³/mol. The highest BCUT2D eigenvalue weighted by Crippen LogP contribution is 2.23. The van der Waals surface area contributed by atoms with Crippen LogP contribution in [0.2, 0.25) is 0 Å². The first-order chi connectivity index (χ1) is 10.6. The Morgan fingerprint density at radius 2 is 2.09 bits per heavy atom. The van der Waals surface area contributed by atoms with Gasteiger partial charge in [0.15, 0.2) is 0 Å². The summed E-state index contributed by atoms with van der Waals surface area (Å²) >= 11 is 0.